The van der Waals surface area contributed by atoms with E-state index in [2.05, 4.69) is 10.5 Å². The molecule has 0 aliphatic carbocycles. The van der Waals surface area contributed by atoms with Crippen LogP contribution in [0.3, 0.4) is 0 Å². The molecule has 7 heteroatoms. The van der Waals surface area contributed by atoms with Crippen LogP contribution in [-0.2, 0) is 4.79 Å². The molecule has 22 heavy (non-hydrogen) atoms. The Morgan fingerprint density at radius 1 is 1.14 bits per heavy atom. The predicted molar refractivity (Wildman–Crippen MR) is 89.7 cm³/mol. The highest BCUT2D eigenvalue weighted by atomic mass is 35.5. The summed E-state index contributed by atoms with van der Waals surface area (Å²) in [6.45, 7) is 0. The van der Waals surface area contributed by atoms with E-state index in [-0.39, 0.29) is 17.5 Å². The highest BCUT2D eigenvalue weighted by Gasteiger charge is 2.17. The molecular formula is C15H11Cl3N2O2. The van der Waals surface area contributed by atoms with Crippen molar-refractivity contribution >= 4 is 52.1 Å². The first-order valence-corrected chi connectivity index (χ1v) is 7.48. The molecule has 0 saturated carbocycles. The van der Waals surface area contributed by atoms with Crippen LogP contribution >= 0.6 is 34.8 Å². The van der Waals surface area contributed by atoms with Crippen molar-refractivity contribution in [2.45, 2.75) is 0 Å². The number of carbonyl (C=O) groups is 1. The van der Waals surface area contributed by atoms with E-state index in [9.17, 15) is 10.0 Å². The van der Waals surface area contributed by atoms with Crippen LogP contribution in [0.5, 0.6) is 0 Å². The number of benzene rings is 2. The van der Waals surface area contributed by atoms with E-state index in [1.54, 1.807) is 42.5 Å². The van der Waals surface area contributed by atoms with Crippen LogP contribution in [0.15, 0.2) is 47.6 Å². The van der Waals surface area contributed by atoms with E-state index in [4.69, 9.17) is 34.8 Å². The third-order valence-corrected chi connectivity index (χ3v) is 3.67. The molecule has 4 nitrogen and oxygen atoms in total. The summed E-state index contributed by atoms with van der Waals surface area (Å²) >= 11 is 17.6. The van der Waals surface area contributed by atoms with Crippen molar-refractivity contribution in [2.75, 3.05) is 11.2 Å². The number of rotatable bonds is 4. The van der Waals surface area contributed by atoms with Crippen molar-refractivity contribution in [3.05, 3.63) is 63.6 Å². The summed E-state index contributed by atoms with van der Waals surface area (Å²) in [5.41, 5.74) is 1.55. The smallest absolute Gasteiger partial charge is 0.239 e. The van der Waals surface area contributed by atoms with Crippen molar-refractivity contribution in [2.24, 2.45) is 5.16 Å². The summed E-state index contributed by atoms with van der Waals surface area (Å²) < 4.78 is 0. The fraction of sp³-hybridized carbons (Fsp3) is 0.0667. The molecule has 0 saturated heterocycles. The Hall–Kier alpha value is -1.75. The largest absolute Gasteiger partial charge is 0.410 e. The summed E-state index contributed by atoms with van der Waals surface area (Å²) in [4.78, 5) is 11.5. The minimum absolute atomic E-state index is 0.193. The normalized spacial score (nSPS) is 11.3. The number of hydrogen-bond donors (Lipinski definition) is 2. The zero-order valence-corrected chi connectivity index (χ0v) is 13.5. The molecule has 0 spiro atoms. The third-order valence-electron chi connectivity index (χ3n) is 2.86. The molecule has 0 aromatic heterocycles. The minimum atomic E-state index is -0.387. The summed E-state index contributed by atoms with van der Waals surface area (Å²) in [6, 6.07) is 11.7. The van der Waals surface area contributed by atoms with E-state index in [1.165, 1.54) is 0 Å². The Morgan fingerprint density at radius 3 is 2.50 bits per heavy atom. The molecule has 0 unspecified atom stereocenters. The molecule has 0 radical (unpaired) electrons. The molecule has 114 valence electrons. The van der Waals surface area contributed by atoms with Crippen molar-refractivity contribution in [1.29, 1.82) is 0 Å². The first-order valence-electron chi connectivity index (χ1n) is 6.19. The number of alkyl halides is 1. The Kier molecular flexibility index (Phi) is 5.66. The number of nitrogens with one attached hydrogen (secondary N) is 1. The molecule has 0 fully saturated rings. The zero-order valence-electron chi connectivity index (χ0n) is 11.2. The number of hydrogen-bond acceptors (Lipinski definition) is 3. The average Bonchev–Trinajstić information content (AvgIpc) is 2.52. The van der Waals surface area contributed by atoms with Gasteiger partial charge in [-0.15, -0.1) is 11.6 Å². The Balaban J connectivity index is 2.56. The molecule has 0 bridgehead atoms. The molecule has 2 aromatic carbocycles. The van der Waals surface area contributed by atoms with E-state index < -0.39 is 0 Å². The third kappa shape index (κ3) is 3.71. The van der Waals surface area contributed by atoms with Crippen LogP contribution in [-0.4, -0.2) is 22.7 Å². The zero-order chi connectivity index (χ0) is 16.1. The van der Waals surface area contributed by atoms with E-state index in [0.29, 0.717) is 26.9 Å². The van der Waals surface area contributed by atoms with Crippen molar-refractivity contribution in [1.82, 2.24) is 0 Å². The lowest BCUT2D eigenvalue weighted by molar-refractivity contribution is -0.113. The second-order valence-corrected chi connectivity index (χ2v) is 5.41. The fourth-order valence-corrected chi connectivity index (χ4v) is 2.38. The maximum absolute atomic E-state index is 11.5. The van der Waals surface area contributed by atoms with Crippen molar-refractivity contribution in [3.63, 3.8) is 0 Å². The van der Waals surface area contributed by atoms with Crippen LogP contribution in [0.25, 0.3) is 0 Å². The second-order valence-electron chi connectivity index (χ2n) is 4.30. The molecular weight excluding hydrogens is 347 g/mol. The molecule has 2 N–H and O–H groups in total. The van der Waals surface area contributed by atoms with E-state index >= 15 is 0 Å². The predicted octanol–water partition coefficient (Wildman–Crippen LogP) is 4.40. The SMILES string of the molecule is O=C(CCl)Nc1ccc(Cl)cc1C(=NO)c1ccccc1Cl. The minimum Gasteiger partial charge on any atom is -0.410 e. The standard InChI is InChI=1S/C15H11Cl3N2O2/c16-8-14(21)19-13-6-5-9(17)7-11(13)15(20-22)10-3-1-2-4-12(10)18/h1-7,22H,8H2,(H,19,21). The van der Waals surface area contributed by atoms with Crippen molar-refractivity contribution < 1.29 is 10.0 Å². The summed E-state index contributed by atoms with van der Waals surface area (Å²) in [5.74, 6) is -0.582. The molecule has 0 atom stereocenters. The van der Waals surface area contributed by atoms with Crippen LogP contribution in [0, 0.1) is 0 Å². The number of halogens is 3. The fourth-order valence-electron chi connectivity index (χ4n) is 1.91. The van der Waals surface area contributed by atoms with Gasteiger partial charge in [0.15, 0.2) is 0 Å². The van der Waals surface area contributed by atoms with Gasteiger partial charge in [-0.3, -0.25) is 4.79 Å². The number of nitrogens with zero attached hydrogens (tertiary/aromatic N) is 1. The van der Waals surface area contributed by atoms with Crippen LogP contribution in [0.4, 0.5) is 5.69 Å². The van der Waals surface area contributed by atoms with Gasteiger partial charge in [0.25, 0.3) is 0 Å². The molecule has 0 aliphatic heterocycles. The van der Waals surface area contributed by atoms with Gasteiger partial charge in [-0.2, -0.15) is 0 Å². The quantitative estimate of drug-likeness (QED) is 0.369. The van der Waals surface area contributed by atoms with Crippen LogP contribution in [0.1, 0.15) is 11.1 Å². The van der Waals surface area contributed by atoms with Gasteiger partial charge < -0.3 is 10.5 Å². The summed E-state index contributed by atoms with van der Waals surface area (Å²) in [5, 5.41) is 16.2. The van der Waals surface area contributed by atoms with E-state index in [0.717, 1.165) is 0 Å². The number of amides is 1. The van der Waals surface area contributed by atoms with Gasteiger partial charge in [0.2, 0.25) is 5.91 Å². The second kappa shape index (κ2) is 7.49. The Bertz CT molecular complexity index is 732. The van der Waals surface area contributed by atoms with Gasteiger partial charge in [-0.05, 0) is 24.3 Å². The first kappa shape index (κ1) is 16.6. The Labute approximate surface area is 142 Å². The van der Waals surface area contributed by atoms with Gasteiger partial charge in [0.05, 0.1) is 10.7 Å². The molecule has 0 aliphatic rings. The van der Waals surface area contributed by atoms with Crippen LogP contribution < -0.4 is 5.32 Å². The molecule has 2 aromatic rings. The van der Waals surface area contributed by atoms with Crippen molar-refractivity contribution in [3.8, 4) is 0 Å². The van der Waals surface area contributed by atoms with E-state index in [1.807, 2.05) is 0 Å². The number of anilines is 1. The topological polar surface area (TPSA) is 61.7 Å². The highest BCUT2D eigenvalue weighted by molar-refractivity contribution is 6.36. The first-order chi connectivity index (χ1) is 10.6. The van der Waals surface area contributed by atoms with Gasteiger partial charge in [0, 0.05) is 16.1 Å². The summed E-state index contributed by atoms with van der Waals surface area (Å²) in [6.07, 6.45) is 0. The van der Waals surface area contributed by atoms with Gasteiger partial charge in [-0.1, -0.05) is 46.6 Å². The van der Waals surface area contributed by atoms with Gasteiger partial charge in [-0.25, -0.2) is 0 Å². The molecule has 1 amide bonds. The van der Waals surface area contributed by atoms with Crippen LogP contribution in [0.2, 0.25) is 10.0 Å². The van der Waals surface area contributed by atoms with Gasteiger partial charge in [0.1, 0.15) is 11.6 Å². The highest BCUT2D eigenvalue weighted by Crippen LogP contribution is 2.27. The Morgan fingerprint density at radius 2 is 1.86 bits per heavy atom. The number of carbonyl (C=O) groups excluding carboxylic acids is 1. The maximum atomic E-state index is 11.5. The number of oxime groups is 1. The lowest BCUT2D eigenvalue weighted by atomic mass is 10.0. The average molecular weight is 358 g/mol. The summed E-state index contributed by atoms with van der Waals surface area (Å²) in [7, 11) is 0. The molecule has 0 heterocycles. The lowest BCUT2D eigenvalue weighted by Gasteiger charge is -2.13. The molecule has 2 rings (SSSR count). The lowest BCUT2D eigenvalue weighted by Crippen LogP contribution is -2.16. The maximum Gasteiger partial charge on any atom is 0.239 e. The monoisotopic (exact) mass is 356 g/mol. The van der Waals surface area contributed by atoms with Gasteiger partial charge >= 0.3 is 0 Å².